The zero-order valence-electron chi connectivity index (χ0n) is 10.5. The van der Waals surface area contributed by atoms with Crippen molar-refractivity contribution in [2.45, 2.75) is 38.5 Å². The van der Waals surface area contributed by atoms with Gasteiger partial charge in [-0.2, -0.15) is 0 Å². The zero-order chi connectivity index (χ0) is 11.7. The third-order valence-electron chi connectivity index (χ3n) is 4.42. The molecule has 1 aromatic rings. The maximum Gasteiger partial charge on any atom is 0.118 e. The van der Waals surface area contributed by atoms with E-state index in [0.29, 0.717) is 0 Å². The van der Waals surface area contributed by atoms with E-state index in [1.54, 1.807) is 0 Å². The van der Waals surface area contributed by atoms with Crippen LogP contribution in [0.25, 0.3) is 0 Å². The first-order valence-corrected chi connectivity index (χ1v) is 7.62. The summed E-state index contributed by atoms with van der Waals surface area (Å²) in [6.07, 6.45) is 8.13. The molecule has 0 aliphatic heterocycles. The molecule has 0 radical (unpaired) electrons. The lowest BCUT2D eigenvalue weighted by Gasteiger charge is -2.19. The van der Waals surface area contributed by atoms with Crippen molar-refractivity contribution in [2.75, 3.05) is 13.6 Å². The van der Waals surface area contributed by atoms with Crippen molar-refractivity contribution in [3.63, 3.8) is 0 Å². The Morgan fingerprint density at radius 3 is 2.82 bits per heavy atom. The highest BCUT2D eigenvalue weighted by Gasteiger charge is 2.39. The molecule has 1 heterocycles. The summed E-state index contributed by atoms with van der Waals surface area (Å²) in [5.41, 5.74) is 0. The fourth-order valence-electron chi connectivity index (χ4n) is 3.55. The third-order valence-corrected chi connectivity index (χ3v) is 5.42. The second kappa shape index (κ2) is 5.02. The third kappa shape index (κ3) is 2.52. The van der Waals surface area contributed by atoms with Gasteiger partial charge in [-0.15, -0.1) is 21.5 Å². The Morgan fingerprint density at radius 1 is 1.24 bits per heavy atom. The quantitative estimate of drug-likeness (QED) is 0.872. The number of nitrogens with one attached hydrogen (secondary N) is 1. The van der Waals surface area contributed by atoms with Gasteiger partial charge in [-0.1, -0.05) is 6.42 Å². The van der Waals surface area contributed by atoms with Gasteiger partial charge in [0.05, 0.1) is 0 Å². The lowest BCUT2D eigenvalue weighted by Crippen LogP contribution is -2.12. The molecule has 2 fully saturated rings. The molecule has 3 atom stereocenters. The molecule has 0 aromatic carbocycles. The minimum atomic E-state index is 0.916. The summed E-state index contributed by atoms with van der Waals surface area (Å²) in [7, 11) is 1.98. The first-order valence-electron chi connectivity index (χ1n) is 6.81. The normalized spacial score (nSPS) is 31.2. The molecule has 2 saturated carbocycles. The van der Waals surface area contributed by atoms with Crippen LogP contribution in [0.5, 0.6) is 0 Å². The predicted molar refractivity (Wildman–Crippen MR) is 70.2 cm³/mol. The second-order valence-electron chi connectivity index (χ2n) is 5.58. The van der Waals surface area contributed by atoms with Gasteiger partial charge in [-0.05, 0) is 44.1 Å². The summed E-state index contributed by atoms with van der Waals surface area (Å²) in [5, 5.41) is 14.3. The van der Waals surface area contributed by atoms with E-state index in [1.165, 1.54) is 42.1 Å². The molecule has 0 spiro atoms. The predicted octanol–water partition coefficient (Wildman–Crippen LogP) is 2.28. The van der Waals surface area contributed by atoms with Crippen LogP contribution >= 0.6 is 11.3 Å². The SMILES string of the molecule is CNCCc1nnc(CC2CC3CCC2C3)s1. The number of hydrogen-bond donors (Lipinski definition) is 1. The molecule has 3 nitrogen and oxygen atoms in total. The Labute approximate surface area is 107 Å². The van der Waals surface area contributed by atoms with Gasteiger partial charge < -0.3 is 5.32 Å². The molecule has 1 aromatic heterocycles. The highest BCUT2D eigenvalue weighted by Crippen LogP contribution is 2.49. The average molecular weight is 251 g/mol. The number of rotatable bonds is 5. The largest absolute Gasteiger partial charge is 0.319 e. The molecule has 3 unspecified atom stereocenters. The summed E-state index contributed by atoms with van der Waals surface area (Å²) < 4.78 is 0. The number of hydrogen-bond acceptors (Lipinski definition) is 4. The molecule has 2 aliphatic rings. The standard InChI is InChI=1S/C13H21N3S/c1-14-5-4-12-15-16-13(17-12)8-11-7-9-2-3-10(11)6-9/h9-11,14H,2-8H2,1H3. The van der Waals surface area contributed by atoms with Crippen LogP contribution in [-0.2, 0) is 12.8 Å². The Bertz CT molecular complexity index is 376. The molecule has 3 rings (SSSR count). The van der Waals surface area contributed by atoms with Crippen LogP contribution in [-0.4, -0.2) is 23.8 Å². The lowest BCUT2D eigenvalue weighted by molar-refractivity contribution is 0.331. The van der Waals surface area contributed by atoms with E-state index in [1.807, 2.05) is 18.4 Å². The summed E-state index contributed by atoms with van der Waals surface area (Å²) in [5.74, 6) is 2.96. The molecular weight excluding hydrogens is 230 g/mol. The van der Waals surface area contributed by atoms with E-state index in [-0.39, 0.29) is 0 Å². The van der Waals surface area contributed by atoms with Gasteiger partial charge in [0.1, 0.15) is 10.0 Å². The topological polar surface area (TPSA) is 37.8 Å². The number of nitrogens with zero attached hydrogens (tertiary/aromatic N) is 2. The fourth-order valence-corrected chi connectivity index (χ4v) is 4.49. The highest BCUT2D eigenvalue weighted by atomic mass is 32.1. The minimum Gasteiger partial charge on any atom is -0.319 e. The number of fused-ring (bicyclic) bond motifs is 2. The first kappa shape index (κ1) is 11.6. The highest BCUT2D eigenvalue weighted by molar-refractivity contribution is 7.11. The van der Waals surface area contributed by atoms with Crippen molar-refractivity contribution in [1.29, 1.82) is 0 Å². The maximum atomic E-state index is 4.36. The minimum absolute atomic E-state index is 0.916. The van der Waals surface area contributed by atoms with Crippen LogP contribution in [0, 0.1) is 17.8 Å². The molecule has 17 heavy (non-hydrogen) atoms. The Hall–Kier alpha value is -0.480. The molecule has 0 saturated heterocycles. The number of aromatic nitrogens is 2. The lowest BCUT2D eigenvalue weighted by atomic mass is 9.87. The van der Waals surface area contributed by atoms with Crippen molar-refractivity contribution >= 4 is 11.3 Å². The van der Waals surface area contributed by atoms with Crippen LogP contribution < -0.4 is 5.32 Å². The van der Waals surface area contributed by atoms with Crippen LogP contribution in [0.1, 0.15) is 35.7 Å². The van der Waals surface area contributed by atoms with Gasteiger partial charge in [0.25, 0.3) is 0 Å². The van der Waals surface area contributed by atoms with E-state index in [4.69, 9.17) is 0 Å². The Kier molecular flexibility index (Phi) is 3.43. The molecule has 1 N–H and O–H groups in total. The van der Waals surface area contributed by atoms with Gasteiger partial charge >= 0.3 is 0 Å². The van der Waals surface area contributed by atoms with E-state index in [9.17, 15) is 0 Å². The van der Waals surface area contributed by atoms with Crippen molar-refractivity contribution in [3.8, 4) is 0 Å². The van der Waals surface area contributed by atoms with Crippen molar-refractivity contribution in [3.05, 3.63) is 10.0 Å². The second-order valence-corrected chi connectivity index (χ2v) is 6.73. The molecule has 4 heteroatoms. The summed E-state index contributed by atoms with van der Waals surface area (Å²) in [4.78, 5) is 0. The van der Waals surface area contributed by atoms with Crippen LogP contribution in [0.4, 0.5) is 0 Å². The smallest absolute Gasteiger partial charge is 0.118 e. The van der Waals surface area contributed by atoms with Gasteiger partial charge in [0.2, 0.25) is 0 Å². The molecule has 0 amide bonds. The van der Waals surface area contributed by atoms with Gasteiger partial charge in [-0.25, -0.2) is 0 Å². The number of likely N-dealkylation sites (N-methyl/N-ethyl adjacent to an activating group) is 1. The molecule has 2 bridgehead atoms. The van der Waals surface area contributed by atoms with Gasteiger partial charge in [0.15, 0.2) is 0 Å². The Morgan fingerprint density at radius 2 is 2.12 bits per heavy atom. The van der Waals surface area contributed by atoms with Crippen molar-refractivity contribution in [1.82, 2.24) is 15.5 Å². The van der Waals surface area contributed by atoms with E-state index >= 15 is 0 Å². The van der Waals surface area contributed by atoms with Crippen LogP contribution in [0.2, 0.25) is 0 Å². The average Bonchev–Trinajstić information content (AvgIpc) is 3.02. The molecular formula is C13H21N3S. The van der Waals surface area contributed by atoms with Crippen LogP contribution in [0.15, 0.2) is 0 Å². The van der Waals surface area contributed by atoms with Gasteiger partial charge in [-0.3, -0.25) is 0 Å². The van der Waals surface area contributed by atoms with E-state index < -0.39 is 0 Å². The fraction of sp³-hybridized carbons (Fsp3) is 0.846. The van der Waals surface area contributed by atoms with E-state index in [0.717, 1.165) is 30.7 Å². The maximum absolute atomic E-state index is 4.36. The summed E-state index contributed by atoms with van der Waals surface area (Å²) in [6, 6.07) is 0. The van der Waals surface area contributed by atoms with Crippen molar-refractivity contribution < 1.29 is 0 Å². The summed E-state index contributed by atoms with van der Waals surface area (Å²) in [6.45, 7) is 1.00. The van der Waals surface area contributed by atoms with E-state index in [2.05, 4.69) is 15.5 Å². The zero-order valence-corrected chi connectivity index (χ0v) is 11.3. The van der Waals surface area contributed by atoms with Crippen molar-refractivity contribution in [2.24, 2.45) is 17.8 Å². The monoisotopic (exact) mass is 251 g/mol. The summed E-state index contributed by atoms with van der Waals surface area (Å²) >= 11 is 1.82. The Balaban J connectivity index is 1.56. The first-order chi connectivity index (χ1) is 8.35. The van der Waals surface area contributed by atoms with Gasteiger partial charge in [0, 0.05) is 19.4 Å². The molecule has 94 valence electrons. The van der Waals surface area contributed by atoms with Crippen LogP contribution in [0.3, 0.4) is 0 Å². The molecule has 2 aliphatic carbocycles.